The summed E-state index contributed by atoms with van der Waals surface area (Å²) < 4.78 is 13.4. The van der Waals surface area contributed by atoms with Crippen LogP contribution in [0.4, 0.5) is 15.8 Å². The van der Waals surface area contributed by atoms with E-state index in [9.17, 15) is 4.39 Å². The van der Waals surface area contributed by atoms with Gasteiger partial charge in [-0.25, -0.2) is 4.39 Å². The predicted octanol–water partition coefficient (Wildman–Crippen LogP) is 3.92. The van der Waals surface area contributed by atoms with E-state index in [1.165, 1.54) is 17.2 Å². The molecule has 0 aromatic heterocycles. The molecular formula is C17H21FN2. The molecule has 20 heavy (non-hydrogen) atoms. The van der Waals surface area contributed by atoms with Gasteiger partial charge in [-0.1, -0.05) is 31.2 Å². The molecule has 2 nitrogen and oxygen atoms in total. The van der Waals surface area contributed by atoms with Crippen molar-refractivity contribution in [2.45, 2.75) is 26.8 Å². The fourth-order valence-corrected chi connectivity index (χ4v) is 2.25. The zero-order valence-corrected chi connectivity index (χ0v) is 12.3. The molecule has 2 aromatic carbocycles. The molecule has 0 aliphatic heterocycles. The first-order valence-corrected chi connectivity index (χ1v) is 6.85. The molecule has 2 N–H and O–H groups in total. The molecule has 0 aliphatic carbocycles. The van der Waals surface area contributed by atoms with Crippen LogP contribution in [-0.2, 0) is 13.0 Å². The average Bonchev–Trinajstić information content (AvgIpc) is 2.43. The van der Waals surface area contributed by atoms with Gasteiger partial charge in [0.1, 0.15) is 5.82 Å². The molecule has 0 aliphatic rings. The Morgan fingerprint density at radius 2 is 1.70 bits per heavy atom. The first-order chi connectivity index (χ1) is 9.51. The number of nitrogens with zero attached hydrogens (tertiary/aromatic N) is 1. The second-order valence-electron chi connectivity index (χ2n) is 5.19. The van der Waals surface area contributed by atoms with Gasteiger partial charge in [0.05, 0.1) is 11.4 Å². The minimum absolute atomic E-state index is 0.257. The van der Waals surface area contributed by atoms with Gasteiger partial charge in [-0.3, -0.25) is 0 Å². The minimum Gasteiger partial charge on any atom is -0.397 e. The smallest absolute Gasteiger partial charge is 0.128 e. The van der Waals surface area contributed by atoms with E-state index in [-0.39, 0.29) is 5.82 Å². The normalized spacial score (nSPS) is 10.6. The SMILES string of the molecule is CCc1ccc(CN(C)c2cc(C)c(F)cc2N)cc1. The van der Waals surface area contributed by atoms with Gasteiger partial charge in [-0.2, -0.15) is 0 Å². The number of aryl methyl sites for hydroxylation is 2. The van der Waals surface area contributed by atoms with Crippen molar-refractivity contribution in [3.8, 4) is 0 Å². The third-order valence-electron chi connectivity index (χ3n) is 3.57. The fraction of sp³-hybridized carbons (Fsp3) is 0.294. The zero-order chi connectivity index (χ0) is 14.7. The monoisotopic (exact) mass is 272 g/mol. The number of rotatable bonds is 4. The molecule has 0 radical (unpaired) electrons. The highest BCUT2D eigenvalue weighted by Gasteiger charge is 2.09. The van der Waals surface area contributed by atoms with Crippen molar-refractivity contribution in [1.29, 1.82) is 0 Å². The summed E-state index contributed by atoms with van der Waals surface area (Å²) >= 11 is 0. The second kappa shape index (κ2) is 5.95. The lowest BCUT2D eigenvalue weighted by atomic mass is 10.1. The summed E-state index contributed by atoms with van der Waals surface area (Å²) in [5.74, 6) is -0.257. The van der Waals surface area contributed by atoms with E-state index in [0.29, 0.717) is 11.3 Å². The van der Waals surface area contributed by atoms with E-state index in [4.69, 9.17) is 5.73 Å². The summed E-state index contributed by atoms with van der Waals surface area (Å²) in [7, 11) is 1.97. The molecule has 2 rings (SSSR count). The summed E-state index contributed by atoms with van der Waals surface area (Å²) in [6.07, 6.45) is 1.04. The van der Waals surface area contributed by atoms with Gasteiger partial charge in [0, 0.05) is 13.6 Å². The molecule has 106 valence electrons. The van der Waals surface area contributed by atoms with Crippen LogP contribution >= 0.6 is 0 Å². The third-order valence-corrected chi connectivity index (χ3v) is 3.57. The number of halogens is 1. The van der Waals surface area contributed by atoms with Gasteiger partial charge in [-0.05, 0) is 42.2 Å². The number of anilines is 2. The molecule has 0 bridgehead atoms. The van der Waals surface area contributed by atoms with E-state index in [1.54, 1.807) is 13.0 Å². The molecule has 3 heteroatoms. The van der Waals surface area contributed by atoms with Gasteiger partial charge in [0.25, 0.3) is 0 Å². The molecule has 0 amide bonds. The van der Waals surface area contributed by atoms with E-state index < -0.39 is 0 Å². The molecule has 2 aromatic rings. The van der Waals surface area contributed by atoms with E-state index in [2.05, 4.69) is 31.2 Å². The lowest BCUT2D eigenvalue weighted by Gasteiger charge is -2.22. The van der Waals surface area contributed by atoms with Crippen molar-refractivity contribution < 1.29 is 4.39 Å². The number of nitrogens with two attached hydrogens (primary N) is 1. The van der Waals surface area contributed by atoms with E-state index in [1.807, 2.05) is 11.9 Å². The molecule has 0 unspecified atom stereocenters. The van der Waals surface area contributed by atoms with Crippen molar-refractivity contribution >= 4 is 11.4 Å². The van der Waals surface area contributed by atoms with Gasteiger partial charge >= 0.3 is 0 Å². The Kier molecular flexibility index (Phi) is 4.28. The van der Waals surface area contributed by atoms with Crippen molar-refractivity contribution in [1.82, 2.24) is 0 Å². The van der Waals surface area contributed by atoms with Crippen LogP contribution < -0.4 is 10.6 Å². The van der Waals surface area contributed by atoms with Crippen LogP contribution in [0.1, 0.15) is 23.6 Å². The Hall–Kier alpha value is -2.03. The highest BCUT2D eigenvalue weighted by Crippen LogP contribution is 2.26. The third kappa shape index (κ3) is 3.10. The van der Waals surface area contributed by atoms with Crippen molar-refractivity contribution in [3.63, 3.8) is 0 Å². The molecule has 0 atom stereocenters. The summed E-state index contributed by atoms with van der Waals surface area (Å²) in [5.41, 5.74) is 10.4. The maximum absolute atomic E-state index is 13.4. The minimum atomic E-state index is -0.257. The lowest BCUT2D eigenvalue weighted by Crippen LogP contribution is -2.18. The maximum atomic E-state index is 13.4. The molecule has 0 saturated carbocycles. The van der Waals surface area contributed by atoms with Crippen LogP contribution in [0.5, 0.6) is 0 Å². The summed E-state index contributed by atoms with van der Waals surface area (Å²) in [6.45, 7) is 4.64. The van der Waals surface area contributed by atoms with Crippen LogP contribution in [0.2, 0.25) is 0 Å². The second-order valence-corrected chi connectivity index (χ2v) is 5.19. The standard InChI is InChI=1S/C17H21FN2/c1-4-13-5-7-14(8-6-13)11-20(3)17-9-12(2)15(18)10-16(17)19/h5-10H,4,11,19H2,1-3H3. The van der Waals surface area contributed by atoms with Crippen molar-refractivity contribution in [2.24, 2.45) is 0 Å². The predicted molar refractivity (Wildman–Crippen MR) is 83.5 cm³/mol. The van der Waals surface area contributed by atoms with Crippen molar-refractivity contribution in [3.05, 3.63) is 58.9 Å². The number of nitrogen functional groups attached to an aromatic ring is 1. The van der Waals surface area contributed by atoms with Gasteiger partial charge < -0.3 is 10.6 Å². The maximum Gasteiger partial charge on any atom is 0.128 e. The summed E-state index contributed by atoms with van der Waals surface area (Å²) in [5, 5.41) is 0. The van der Waals surface area contributed by atoms with Crippen LogP contribution in [0, 0.1) is 12.7 Å². The van der Waals surface area contributed by atoms with Crippen molar-refractivity contribution in [2.75, 3.05) is 17.7 Å². The molecule has 0 fully saturated rings. The topological polar surface area (TPSA) is 29.3 Å². The van der Waals surface area contributed by atoms with Gasteiger partial charge in [0.15, 0.2) is 0 Å². The highest BCUT2D eigenvalue weighted by atomic mass is 19.1. The average molecular weight is 272 g/mol. The summed E-state index contributed by atoms with van der Waals surface area (Å²) in [6, 6.07) is 11.7. The molecular weight excluding hydrogens is 251 g/mol. The summed E-state index contributed by atoms with van der Waals surface area (Å²) in [4.78, 5) is 2.04. The Morgan fingerprint density at radius 3 is 2.30 bits per heavy atom. The molecule has 0 heterocycles. The molecule has 0 saturated heterocycles. The number of hydrogen-bond acceptors (Lipinski definition) is 2. The highest BCUT2D eigenvalue weighted by molar-refractivity contribution is 5.68. The lowest BCUT2D eigenvalue weighted by molar-refractivity contribution is 0.619. The van der Waals surface area contributed by atoms with Crippen LogP contribution in [0.15, 0.2) is 36.4 Å². The first kappa shape index (κ1) is 14.4. The Labute approximate surface area is 120 Å². The largest absolute Gasteiger partial charge is 0.397 e. The van der Waals surface area contributed by atoms with Gasteiger partial charge in [0.2, 0.25) is 0 Å². The van der Waals surface area contributed by atoms with Crippen LogP contribution in [0.3, 0.4) is 0 Å². The van der Waals surface area contributed by atoms with Crippen LogP contribution in [-0.4, -0.2) is 7.05 Å². The van der Waals surface area contributed by atoms with E-state index in [0.717, 1.165) is 18.7 Å². The van der Waals surface area contributed by atoms with Crippen LogP contribution in [0.25, 0.3) is 0 Å². The fourth-order valence-electron chi connectivity index (χ4n) is 2.25. The Balaban J connectivity index is 2.18. The van der Waals surface area contributed by atoms with Gasteiger partial charge in [-0.15, -0.1) is 0 Å². The Bertz CT molecular complexity index is 591. The Morgan fingerprint density at radius 1 is 1.10 bits per heavy atom. The quantitative estimate of drug-likeness (QED) is 0.855. The zero-order valence-electron chi connectivity index (χ0n) is 12.3. The van der Waals surface area contributed by atoms with E-state index >= 15 is 0 Å². The number of benzene rings is 2. The molecule has 0 spiro atoms. The number of hydrogen-bond donors (Lipinski definition) is 1. The first-order valence-electron chi connectivity index (χ1n) is 6.85.